The normalized spacial score (nSPS) is 37.7. The van der Waals surface area contributed by atoms with Crippen molar-refractivity contribution in [2.75, 3.05) is 40.8 Å². The topological polar surface area (TPSA) is 41.7 Å². The van der Waals surface area contributed by atoms with E-state index in [4.69, 9.17) is 10.5 Å². The first-order valence-corrected chi connectivity index (χ1v) is 7.75. The lowest BCUT2D eigenvalue weighted by atomic mass is 9.77. The largest absolute Gasteiger partial charge is 0.381 e. The van der Waals surface area contributed by atoms with Gasteiger partial charge in [-0.15, -0.1) is 0 Å². The highest BCUT2D eigenvalue weighted by molar-refractivity contribution is 4.99. The molecule has 2 rings (SSSR count). The van der Waals surface area contributed by atoms with Gasteiger partial charge in [0.15, 0.2) is 0 Å². The summed E-state index contributed by atoms with van der Waals surface area (Å²) in [6.07, 6.45) is 7.81. The van der Waals surface area contributed by atoms with Gasteiger partial charge in [-0.2, -0.15) is 0 Å². The zero-order valence-electron chi connectivity index (χ0n) is 12.9. The van der Waals surface area contributed by atoms with E-state index >= 15 is 0 Å². The van der Waals surface area contributed by atoms with Gasteiger partial charge in [-0.1, -0.05) is 0 Å². The fourth-order valence-corrected chi connectivity index (χ4v) is 3.90. The predicted molar refractivity (Wildman–Crippen MR) is 79.3 cm³/mol. The van der Waals surface area contributed by atoms with E-state index in [-0.39, 0.29) is 5.54 Å². The van der Waals surface area contributed by atoms with Crippen LogP contribution in [0.4, 0.5) is 0 Å². The first kappa shape index (κ1) is 15.2. The van der Waals surface area contributed by atoms with E-state index in [1.54, 1.807) is 0 Å². The molecular weight excluding hydrogens is 238 g/mol. The van der Waals surface area contributed by atoms with Crippen LogP contribution in [0, 0.1) is 0 Å². The maximum absolute atomic E-state index is 6.20. The van der Waals surface area contributed by atoms with E-state index in [1.165, 1.54) is 45.2 Å². The van der Waals surface area contributed by atoms with E-state index in [0.29, 0.717) is 12.1 Å². The highest BCUT2D eigenvalue weighted by Gasteiger charge is 2.42. The molecule has 0 aromatic rings. The van der Waals surface area contributed by atoms with E-state index in [2.05, 4.69) is 23.9 Å². The number of hydrogen-bond acceptors (Lipinski definition) is 4. The van der Waals surface area contributed by atoms with Crippen LogP contribution >= 0.6 is 0 Å². The number of ether oxygens (including phenoxy) is 1. The number of rotatable bonds is 4. The van der Waals surface area contributed by atoms with Crippen molar-refractivity contribution in [3.8, 4) is 0 Å². The van der Waals surface area contributed by atoms with Crippen molar-refractivity contribution in [3.05, 3.63) is 0 Å². The third-order valence-electron chi connectivity index (χ3n) is 5.29. The van der Waals surface area contributed by atoms with Crippen molar-refractivity contribution in [3.63, 3.8) is 0 Å². The summed E-state index contributed by atoms with van der Waals surface area (Å²) in [7, 11) is 6.24. The third-order valence-corrected chi connectivity index (χ3v) is 5.29. The van der Waals surface area contributed by atoms with Crippen molar-refractivity contribution < 1.29 is 4.74 Å². The summed E-state index contributed by atoms with van der Waals surface area (Å²) < 4.78 is 5.62. The van der Waals surface area contributed by atoms with Crippen LogP contribution in [-0.4, -0.2) is 68.3 Å². The van der Waals surface area contributed by atoms with Crippen LogP contribution in [0.1, 0.15) is 38.5 Å². The van der Waals surface area contributed by atoms with Crippen LogP contribution in [0.5, 0.6) is 0 Å². The Morgan fingerprint density at radius 3 is 2.74 bits per heavy atom. The molecule has 2 N–H and O–H groups in total. The SMILES string of the molecule is COC1CCCC(CN)(N2CCCC(N(C)C)C2)C1. The lowest BCUT2D eigenvalue weighted by Gasteiger charge is -2.51. The summed E-state index contributed by atoms with van der Waals surface area (Å²) in [4.78, 5) is 5.04. The van der Waals surface area contributed by atoms with Crippen LogP contribution in [0.2, 0.25) is 0 Å². The molecule has 112 valence electrons. The third kappa shape index (κ3) is 3.30. The first-order valence-electron chi connectivity index (χ1n) is 7.75. The Hall–Kier alpha value is -0.160. The maximum Gasteiger partial charge on any atom is 0.0589 e. The first-order chi connectivity index (χ1) is 9.11. The molecule has 2 aliphatic rings. The molecule has 0 aromatic heterocycles. The lowest BCUT2D eigenvalue weighted by Crippen LogP contribution is -2.61. The Morgan fingerprint density at radius 2 is 2.11 bits per heavy atom. The van der Waals surface area contributed by atoms with Gasteiger partial charge < -0.3 is 15.4 Å². The van der Waals surface area contributed by atoms with Crippen molar-refractivity contribution in [1.29, 1.82) is 0 Å². The standard InChI is InChI=1S/C15H31N3O/c1-17(2)13-6-5-9-18(11-13)15(12-16)8-4-7-14(10-15)19-3/h13-14H,4-12,16H2,1-3H3. The molecule has 4 nitrogen and oxygen atoms in total. The predicted octanol–water partition coefficient (Wildman–Crippen LogP) is 1.30. The van der Waals surface area contributed by atoms with E-state index < -0.39 is 0 Å². The van der Waals surface area contributed by atoms with Gasteiger partial charge in [-0.05, 0) is 59.2 Å². The number of hydrogen-bond donors (Lipinski definition) is 1. The summed E-state index contributed by atoms with van der Waals surface area (Å²) in [5.74, 6) is 0. The van der Waals surface area contributed by atoms with Crippen molar-refractivity contribution in [2.45, 2.75) is 56.2 Å². The van der Waals surface area contributed by atoms with Crippen LogP contribution < -0.4 is 5.73 Å². The van der Waals surface area contributed by atoms with Crippen LogP contribution in [0.25, 0.3) is 0 Å². The van der Waals surface area contributed by atoms with Crippen LogP contribution in [0.3, 0.4) is 0 Å². The summed E-state index contributed by atoms with van der Waals surface area (Å²) in [6, 6.07) is 0.681. The summed E-state index contributed by atoms with van der Waals surface area (Å²) in [6.45, 7) is 3.14. The fourth-order valence-electron chi connectivity index (χ4n) is 3.90. The minimum atomic E-state index is 0.188. The number of likely N-dealkylation sites (tertiary alicyclic amines) is 1. The highest BCUT2D eigenvalue weighted by Crippen LogP contribution is 2.36. The van der Waals surface area contributed by atoms with E-state index in [9.17, 15) is 0 Å². The Labute approximate surface area is 118 Å². The second-order valence-corrected chi connectivity index (χ2v) is 6.59. The molecule has 2 fully saturated rings. The van der Waals surface area contributed by atoms with Crippen molar-refractivity contribution >= 4 is 0 Å². The van der Waals surface area contributed by atoms with Crippen LogP contribution in [-0.2, 0) is 4.74 Å². The Bertz CT molecular complexity index is 285. The summed E-state index contributed by atoms with van der Waals surface area (Å²) in [5, 5.41) is 0. The van der Waals surface area contributed by atoms with Gasteiger partial charge in [0.2, 0.25) is 0 Å². The Balaban J connectivity index is 2.07. The molecule has 1 aliphatic heterocycles. The molecule has 1 heterocycles. The molecule has 3 unspecified atom stereocenters. The molecule has 1 saturated heterocycles. The van der Waals surface area contributed by atoms with Crippen molar-refractivity contribution in [1.82, 2.24) is 9.80 Å². The molecule has 0 bridgehead atoms. The monoisotopic (exact) mass is 269 g/mol. The molecule has 4 heteroatoms. The molecule has 1 saturated carbocycles. The molecule has 3 atom stereocenters. The number of nitrogens with zero attached hydrogens (tertiary/aromatic N) is 2. The van der Waals surface area contributed by atoms with Gasteiger partial charge in [0.05, 0.1) is 6.10 Å². The van der Waals surface area contributed by atoms with E-state index in [1.807, 2.05) is 7.11 Å². The van der Waals surface area contributed by atoms with Gasteiger partial charge >= 0.3 is 0 Å². The number of methoxy groups -OCH3 is 1. The molecule has 0 aromatic carbocycles. The maximum atomic E-state index is 6.20. The number of nitrogens with two attached hydrogens (primary N) is 1. The molecule has 0 amide bonds. The zero-order valence-corrected chi connectivity index (χ0v) is 12.9. The fraction of sp³-hybridized carbons (Fsp3) is 1.00. The summed E-state index contributed by atoms with van der Waals surface area (Å²) in [5.41, 5.74) is 6.38. The minimum Gasteiger partial charge on any atom is -0.381 e. The van der Waals surface area contributed by atoms with Gasteiger partial charge in [0.25, 0.3) is 0 Å². The molecular formula is C15H31N3O. The quantitative estimate of drug-likeness (QED) is 0.835. The highest BCUT2D eigenvalue weighted by atomic mass is 16.5. The lowest BCUT2D eigenvalue weighted by molar-refractivity contribution is -0.0405. The van der Waals surface area contributed by atoms with Crippen LogP contribution in [0.15, 0.2) is 0 Å². The van der Waals surface area contributed by atoms with Gasteiger partial charge in [0, 0.05) is 31.8 Å². The number of likely N-dealkylation sites (N-methyl/N-ethyl adjacent to an activating group) is 1. The average Bonchev–Trinajstić information content (AvgIpc) is 2.47. The average molecular weight is 269 g/mol. The molecule has 19 heavy (non-hydrogen) atoms. The van der Waals surface area contributed by atoms with Gasteiger partial charge in [-0.3, -0.25) is 4.90 Å². The van der Waals surface area contributed by atoms with Crippen molar-refractivity contribution in [2.24, 2.45) is 5.73 Å². The zero-order chi connectivity index (χ0) is 13.9. The second-order valence-electron chi connectivity index (χ2n) is 6.59. The smallest absolute Gasteiger partial charge is 0.0589 e. The molecule has 0 radical (unpaired) electrons. The second kappa shape index (κ2) is 6.53. The molecule has 1 aliphatic carbocycles. The summed E-state index contributed by atoms with van der Waals surface area (Å²) >= 11 is 0. The number of piperidine rings is 1. The van der Waals surface area contributed by atoms with Gasteiger partial charge in [-0.25, -0.2) is 0 Å². The minimum absolute atomic E-state index is 0.188. The Kier molecular flexibility index (Phi) is 5.23. The molecule has 0 spiro atoms. The van der Waals surface area contributed by atoms with Gasteiger partial charge in [0.1, 0.15) is 0 Å². The Morgan fingerprint density at radius 1 is 1.32 bits per heavy atom. The van der Waals surface area contributed by atoms with E-state index in [0.717, 1.165) is 13.0 Å².